The number of pyridine rings is 1. The van der Waals surface area contributed by atoms with Crippen LogP contribution in [0.1, 0.15) is 50.2 Å². The van der Waals surface area contributed by atoms with Crippen LogP contribution in [-0.2, 0) is 18.4 Å². The van der Waals surface area contributed by atoms with Crippen LogP contribution in [0.2, 0.25) is 0 Å². The zero-order valence-electron chi connectivity index (χ0n) is 27.2. The summed E-state index contributed by atoms with van der Waals surface area (Å²) in [6.07, 6.45) is 6.02. The summed E-state index contributed by atoms with van der Waals surface area (Å²) < 4.78 is 8.05. The van der Waals surface area contributed by atoms with Gasteiger partial charge in [-0.2, -0.15) is 5.10 Å². The number of rotatable bonds is 9. The molecular weight excluding hydrogens is 588 g/mol. The van der Waals surface area contributed by atoms with Crippen LogP contribution in [0.3, 0.4) is 0 Å². The summed E-state index contributed by atoms with van der Waals surface area (Å²) >= 11 is 0. The van der Waals surface area contributed by atoms with Crippen molar-refractivity contribution in [2.24, 2.45) is 0 Å². The number of amides is 2. The molecule has 0 spiro atoms. The number of nitrogens with one attached hydrogen (secondary N) is 3. The highest BCUT2D eigenvalue weighted by Gasteiger charge is 2.22. The van der Waals surface area contributed by atoms with Crippen molar-refractivity contribution in [3.05, 3.63) is 120 Å². The number of urea groups is 1. The minimum Gasteiger partial charge on any atom is -0.488 e. The van der Waals surface area contributed by atoms with Crippen molar-refractivity contribution in [2.45, 2.75) is 53.1 Å². The van der Waals surface area contributed by atoms with Crippen molar-refractivity contribution in [1.29, 1.82) is 0 Å². The number of hydrogen-bond donors (Lipinski definition) is 3. The number of benzene rings is 3. The van der Waals surface area contributed by atoms with Gasteiger partial charge in [0.15, 0.2) is 0 Å². The van der Waals surface area contributed by atoms with Crippen LogP contribution in [0.5, 0.6) is 5.75 Å². The second kappa shape index (κ2) is 13.3. The molecule has 0 fully saturated rings. The lowest BCUT2D eigenvalue weighted by Gasteiger charge is -2.15. The lowest BCUT2D eigenvalue weighted by molar-refractivity contribution is 0.262. The van der Waals surface area contributed by atoms with Gasteiger partial charge in [-0.25, -0.2) is 19.4 Å². The number of aryl methyl sites for hydroxylation is 2. The molecule has 238 valence electrons. The van der Waals surface area contributed by atoms with Gasteiger partial charge in [-0.1, -0.05) is 69.7 Å². The Bertz CT molecular complexity index is 2010. The van der Waals surface area contributed by atoms with Crippen molar-refractivity contribution in [2.75, 3.05) is 16.0 Å². The van der Waals surface area contributed by atoms with Gasteiger partial charge >= 0.3 is 6.03 Å². The standard InChI is InChI=1S/C37H38N8O2/c1-6-26-21-40-34(22-39-26)42-33-19-25(17-18-38-33)23-47-31-16-15-30(28-9-7-8-10-29(28)31)41-36(46)43-35-20-32(37(3,4)5)44-45(35)27-13-11-24(2)12-14-27/h7-22H,6,23H2,1-5H3,(H,38,40,42)(H2,41,43,46). The quantitative estimate of drug-likeness (QED) is 0.148. The maximum atomic E-state index is 13.4. The van der Waals surface area contributed by atoms with Crippen LogP contribution in [0, 0.1) is 6.92 Å². The number of anilines is 4. The van der Waals surface area contributed by atoms with E-state index in [2.05, 4.69) is 51.7 Å². The van der Waals surface area contributed by atoms with E-state index in [4.69, 9.17) is 9.84 Å². The summed E-state index contributed by atoms with van der Waals surface area (Å²) in [6, 6.07) is 25.0. The maximum absolute atomic E-state index is 13.4. The first-order chi connectivity index (χ1) is 22.7. The molecular formula is C37H38N8O2. The van der Waals surface area contributed by atoms with Crippen molar-refractivity contribution in [1.82, 2.24) is 24.7 Å². The molecule has 0 saturated carbocycles. The fraction of sp³-hybridized carbons (Fsp3) is 0.216. The number of aromatic nitrogens is 5. The highest BCUT2D eigenvalue weighted by molar-refractivity contribution is 6.07. The average molecular weight is 627 g/mol. The molecule has 3 aromatic carbocycles. The van der Waals surface area contributed by atoms with Crippen LogP contribution in [-0.4, -0.2) is 30.8 Å². The van der Waals surface area contributed by atoms with Crippen molar-refractivity contribution < 1.29 is 9.53 Å². The predicted octanol–water partition coefficient (Wildman–Crippen LogP) is 8.35. The molecule has 47 heavy (non-hydrogen) atoms. The fourth-order valence-corrected chi connectivity index (χ4v) is 5.02. The molecule has 0 radical (unpaired) electrons. The molecule has 0 aliphatic rings. The van der Waals surface area contributed by atoms with Crippen LogP contribution in [0.15, 0.2) is 97.5 Å². The Morgan fingerprint density at radius 2 is 1.64 bits per heavy atom. The summed E-state index contributed by atoms with van der Waals surface area (Å²) in [7, 11) is 0. The fourth-order valence-electron chi connectivity index (χ4n) is 5.02. The largest absolute Gasteiger partial charge is 0.488 e. The van der Waals surface area contributed by atoms with E-state index in [0.717, 1.165) is 45.4 Å². The van der Waals surface area contributed by atoms with Crippen molar-refractivity contribution in [3.8, 4) is 11.4 Å². The molecule has 0 aliphatic heterocycles. The number of hydrogen-bond acceptors (Lipinski definition) is 7. The van der Waals surface area contributed by atoms with Crippen LogP contribution >= 0.6 is 0 Å². The van der Waals surface area contributed by atoms with E-state index in [9.17, 15) is 4.79 Å². The normalized spacial score (nSPS) is 11.3. The van der Waals surface area contributed by atoms with Gasteiger partial charge in [-0.05, 0) is 55.3 Å². The summed E-state index contributed by atoms with van der Waals surface area (Å²) in [5.74, 6) is 2.56. The third-order valence-electron chi connectivity index (χ3n) is 7.67. The SMILES string of the molecule is CCc1cnc(Nc2cc(COc3ccc(NC(=O)Nc4cc(C(C)(C)C)nn4-c4ccc(C)cc4)c4ccccc34)ccn2)cn1. The minimum atomic E-state index is -0.372. The minimum absolute atomic E-state index is 0.196. The molecule has 3 heterocycles. The highest BCUT2D eigenvalue weighted by atomic mass is 16.5. The molecule has 0 unspecified atom stereocenters. The Morgan fingerprint density at radius 3 is 2.36 bits per heavy atom. The van der Waals surface area contributed by atoms with Gasteiger partial charge in [-0.3, -0.25) is 10.3 Å². The van der Waals surface area contributed by atoms with Crippen molar-refractivity contribution >= 4 is 39.9 Å². The number of nitrogens with zero attached hydrogens (tertiary/aromatic N) is 5. The number of fused-ring (bicyclic) bond motifs is 1. The molecule has 0 aliphatic carbocycles. The zero-order valence-corrected chi connectivity index (χ0v) is 27.2. The molecule has 0 saturated heterocycles. The Hall–Kier alpha value is -5.77. The molecule has 3 aromatic heterocycles. The maximum Gasteiger partial charge on any atom is 0.324 e. The third-order valence-corrected chi connectivity index (χ3v) is 7.67. The topological polar surface area (TPSA) is 119 Å². The summed E-state index contributed by atoms with van der Waals surface area (Å²) in [5.41, 5.74) is 5.22. The van der Waals surface area contributed by atoms with Gasteiger partial charge in [0, 0.05) is 28.5 Å². The number of carbonyl (C=O) groups excluding carboxylic acids is 1. The third kappa shape index (κ3) is 7.38. The summed E-state index contributed by atoms with van der Waals surface area (Å²) in [6.45, 7) is 10.7. The van der Waals surface area contributed by atoms with E-state index in [1.54, 1.807) is 23.3 Å². The summed E-state index contributed by atoms with van der Waals surface area (Å²) in [5, 5.41) is 15.8. The van der Waals surface area contributed by atoms with Crippen LogP contribution in [0.25, 0.3) is 16.5 Å². The molecule has 2 amide bonds. The number of ether oxygens (including phenoxy) is 1. The van der Waals surface area contributed by atoms with E-state index in [-0.39, 0.29) is 11.4 Å². The molecule has 10 heteroatoms. The lowest BCUT2D eigenvalue weighted by Crippen LogP contribution is -2.21. The van der Waals surface area contributed by atoms with Gasteiger partial charge in [0.25, 0.3) is 0 Å². The van der Waals surface area contributed by atoms with Gasteiger partial charge in [0.05, 0.1) is 35.2 Å². The van der Waals surface area contributed by atoms with Crippen LogP contribution < -0.4 is 20.7 Å². The Balaban J connectivity index is 1.17. The number of carbonyl (C=O) groups is 1. The smallest absolute Gasteiger partial charge is 0.324 e. The van der Waals surface area contributed by atoms with Crippen LogP contribution in [0.4, 0.5) is 27.9 Å². The van der Waals surface area contributed by atoms with Gasteiger partial charge < -0.3 is 15.4 Å². The Labute approximate surface area is 274 Å². The van der Waals surface area contributed by atoms with Crippen molar-refractivity contribution in [3.63, 3.8) is 0 Å². The second-order valence-corrected chi connectivity index (χ2v) is 12.4. The van der Waals surface area contributed by atoms with E-state index < -0.39 is 0 Å². The van der Waals surface area contributed by atoms with E-state index >= 15 is 0 Å². The first-order valence-electron chi connectivity index (χ1n) is 15.6. The first kappa shape index (κ1) is 31.2. The lowest BCUT2D eigenvalue weighted by atomic mass is 9.92. The molecule has 10 nitrogen and oxygen atoms in total. The van der Waals surface area contributed by atoms with E-state index in [1.807, 2.05) is 92.7 Å². The zero-order chi connectivity index (χ0) is 33.0. The molecule has 0 atom stereocenters. The van der Waals surface area contributed by atoms with E-state index in [0.29, 0.717) is 35.5 Å². The molecule has 0 bridgehead atoms. The molecule has 3 N–H and O–H groups in total. The average Bonchev–Trinajstić information content (AvgIpc) is 3.49. The first-order valence-corrected chi connectivity index (χ1v) is 15.6. The summed E-state index contributed by atoms with van der Waals surface area (Å²) in [4.78, 5) is 26.6. The predicted molar refractivity (Wildman–Crippen MR) is 187 cm³/mol. The Kier molecular flexibility index (Phi) is 8.83. The molecule has 6 rings (SSSR count). The Morgan fingerprint density at radius 1 is 0.851 bits per heavy atom. The van der Waals surface area contributed by atoms with Gasteiger partial charge in [-0.15, -0.1) is 0 Å². The van der Waals surface area contributed by atoms with Gasteiger partial charge in [0.1, 0.15) is 29.8 Å². The monoisotopic (exact) mass is 626 g/mol. The second-order valence-electron chi connectivity index (χ2n) is 12.4. The van der Waals surface area contributed by atoms with E-state index in [1.165, 1.54) is 0 Å². The highest BCUT2D eigenvalue weighted by Crippen LogP contribution is 2.33. The van der Waals surface area contributed by atoms with Gasteiger partial charge in [0.2, 0.25) is 0 Å². The molecule has 6 aromatic rings.